The third-order valence-corrected chi connectivity index (χ3v) is 2.92. The lowest BCUT2D eigenvalue weighted by atomic mass is 10.2. The second-order valence-electron chi connectivity index (χ2n) is 4.27. The fraction of sp³-hybridized carbons (Fsp3) is 0.417. The van der Waals surface area contributed by atoms with Gasteiger partial charge in [-0.05, 0) is 19.1 Å². The summed E-state index contributed by atoms with van der Waals surface area (Å²) in [6.07, 6.45) is 0. The van der Waals surface area contributed by atoms with Crippen molar-refractivity contribution in [2.24, 2.45) is 0 Å². The van der Waals surface area contributed by atoms with Gasteiger partial charge in [-0.15, -0.1) is 0 Å². The topological polar surface area (TPSA) is 41.3 Å². The maximum atomic E-state index is 5.74. The number of oxazole rings is 1. The highest BCUT2D eigenvalue weighted by atomic mass is 16.4. The molecule has 1 saturated heterocycles. The number of nitrogens with zero attached hydrogens (tertiary/aromatic N) is 2. The van der Waals surface area contributed by atoms with E-state index >= 15 is 0 Å². The predicted molar refractivity (Wildman–Crippen MR) is 63.7 cm³/mol. The first kappa shape index (κ1) is 9.66. The normalized spacial score (nSPS) is 21.6. The van der Waals surface area contributed by atoms with E-state index in [1.54, 1.807) is 0 Å². The summed E-state index contributed by atoms with van der Waals surface area (Å²) in [6, 6.07) is 9.12. The summed E-state index contributed by atoms with van der Waals surface area (Å²) < 4.78 is 5.74. The number of piperazine rings is 1. The molecule has 1 aromatic heterocycles. The van der Waals surface area contributed by atoms with Crippen molar-refractivity contribution in [2.45, 2.75) is 13.0 Å². The first-order valence-corrected chi connectivity index (χ1v) is 5.67. The van der Waals surface area contributed by atoms with Crippen LogP contribution in [0.3, 0.4) is 0 Å². The van der Waals surface area contributed by atoms with Crippen molar-refractivity contribution in [1.29, 1.82) is 0 Å². The van der Waals surface area contributed by atoms with Crippen LogP contribution in [0.15, 0.2) is 28.7 Å². The molecule has 1 aromatic carbocycles. The second-order valence-corrected chi connectivity index (χ2v) is 4.27. The van der Waals surface area contributed by atoms with Gasteiger partial charge >= 0.3 is 0 Å². The molecule has 1 N–H and O–H groups in total. The number of hydrogen-bond acceptors (Lipinski definition) is 4. The lowest BCUT2D eigenvalue weighted by molar-refractivity contribution is 0.453. The largest absolute Gasteiger partial charge is 0.423 e. The van der Waals surface area contributed by atoms with E-state index in [0.717, 1.165) is 36.7 Å². The molecule has 0 spiro atoms. The van der Waals surface area contributed by atoms with Gasteiger partial charge in [0.15, 0.2) is 5.58 Å². The van der Waals surface area contributed by atoms with Crippen molar-refractivity contribution in [2.75, 3.05) is 24.5 Å². The number of hydrogen-bond donors (Lipinski definition) is 1. The van der Waals surface area contributed by atoms with Crippen LogP contribution in [-0.2, 0) is 0 Å². The fourth-order valence-electron chi connectivity index (χ4n) is 2.10. The zero-order valence-corrected chi connectivity index (χ0v) is 9.31. The summed E-state index contributed by atoms with van der Waals surface area (Å²) in [5.41, 5.74) is 1.80. The van der Waals surface area contributed by atoms with Crippen LogP contribution in [0.5, 0.6) is 0 Å². The van der Waals surface area contributed by atoms with Gasteiger partial charge in [0.05, 0.1) is 0 Å². The van der Waals surface area contributed by atoms with E-state index in [1.165, 1.54) is 0 Å². The maximum Gasteiger partial charge on any atom is 0.298 e. The van der Waals surface area contributed by atoms with Crippen LogP contribution in [-0.4, -0.2) is 30.7 Å². The Morgan fingerprint density at radius 1 is 1.44 bits per heavy atom. The first-order chi connectivity index (χ1) is 7.83. The van der Waals surface area contributed by atoms with Gasteiger partial charge < -0.3 is 14.6 Å². The maximum absolute atomic E-state index is 5.74. The van der Waals surface area contributed by atoms with Crippen LogP contribution in [0.25, 0.3) is 11.1 Å². The lowest BCUT2D eigenvalue weighted by Gasteiger charge is -2.30. The fourth-order valence-corrected chi connectivity index (χ4v) is 2.10. The molecule has 0 bridgehead atoms. The minimum absolute atomic E-state index is 0.490. The summed E-state index contributed by atoms with van der Waals surface area (Å²) in [5.74, 6) is 0. The van der Waals surface area contributed by atoms with Crippen molar-refractivity contribution < 1.29 is 4.42 Å². The van der Waals surface area contributed by atoms with E-state index < -0.39 is 0 Å². The summed E-state index contributed by atoms with van der Waals surface area (Å²) in [6.45, 7) is 5.07. The minimum atomic E-state index is 0.490. The van der Waals surface area contributed by atoms with Crippen LogP contribution in [0.1, 0.15) is 6.92 Å². The number of para-hydroxylation sites is 2. The number of anilines is 1. The van der Waals surface area contributed by atoms with Gasteiger partial charge in [-0.25, -0.2) is 0 Å². The van der Waals surface area contributed by atoms with Gasteiger partial charge in [0.1, 0.15) is 5.52 Å². The Labute approximate surface area is 94.3 Å². The molecule has 0 unspecified atom stereocenters. The number of fused-ring (bicyclic) bond motifs is 1. The van der Waals surface area contributed by atoms with Crippen molar-refractivity contribution in [3.63, 3.8) is 0 Å². The highest BCUT2D eigenvalue weighted by Crippen LogP contribution is 2.22. The minimum Gasteiger partial charge on any atom is -0.423 e. The summed E-state index contributed by atoms with van der Waals surface area (Å²) in [5, 5.41) is 3.40. The Hall–Kier alpha value is -1.55. The van der Waals surface area contributed by atoms with E-state index in [1.807, 2.05) is 24.3 Å². The van der Waals surface area contributed by atoms with Gasteiger partial charge in [0.2, 0.25) is 0 Å². The van der Waals surface area contributed by atoms with Crippen LogP contribution < -0.4 is 10.2 Å². The third-order valence-electron chi connectivity index (χ3n) is 2.92. The third kappa shape index (κ3) is 1.65. The Morgan fingerprint density at radius 2 is 2.31 bits per heavy atom. The average Bonchev–Trinajstić information content (AvgIpc) is 2.72. The average molecular weight is 217 g/mol. The second kappa shape index (κ2) is 3.79. The molecule has 1 aliphatic rings. The van der Waals surface area contributed by atoms with Crippen LogP contribution in [0.4, 0.5) is 6.01 Å². The number of rotatable bonds is 1. The highest BCUT2D eigenvalue weighted by Gasteiger charge is 2.19. The Kier molecular flexibility index (Phi) is 2.29. The Morgan fingerprint density at radius 3 is 3.12 bits per heavy atom. The molecule has 2 heterocycles. The van der Waals surface area contributed by atoms with Crippen molar-refractivity contribution in [3.8, 4) is 0 Å². The molecule has 4 nitrogen and oxygen atoms in total. The number of nitrogens with one attached hydrogen (secondary N) is 1. The summed E-state index contributed by atoms with van der Waals surface area (Å²) >= 11 is 0. The zero-order chi connectivity index (χ0) is 11.0. The lowest BCUT2D eigenvalue weighted by Crippen LogP contribution is -2.49. The molecule has 0 amide bonds. The molecule has 0 saturated carbocycles. The van der Waals surface area contributed by atoms with Crippen LogP contribution in [0.2, 0.25) is 0 Å². The van der Waals surface area contributed by atoms with Crippen molar-refractivity contribution in [1.82, 2.24) is 10.3 Å². The van der Waals surface area contributed by atoms with Gasteiger partial charge in [-0.3, -0.25) is 0 Å². The predicted octanol–water partition coefficient (Wildman–Crippen LogP) is 1.63. The molecular weight excluding hydrogens is 202 g/mol. The molecule has 84 valence electrons. The van der Waals surface area contributed by atoms with Crippen molar-refractivity contribution >= 4 is 17.1 Å². The van der Waals surface area contributed by atoms with E-state index in [-0.39, 0.29) is 0 Å². The summed E-state index contributed by atoms with van der Waals surface area (Å²) in [4.78, 5) is 6.70. The Bertz CT molecular complexity index is 461. The quantitative estimate of drug-likeness (QED) is 0.788. The molecule has 16 heavy (non-hydrogen) atoms. The van der Waals surface area contributed by atoms with Crippen molar-refractivity contribution in [3.05, 3.63) is 24.3 Å². The van der Waals surface area contributed by atoms with Gasteiger partial charge in [-0.2, -0.15) is 4.98 Å². The van der Waals surface area contributed by atoms with E-state index in [2.05, 4.69) is 22.1 Å². The molecule has 0 aliphatic carbocycles. The first-order valence-electron chi connectivity index (χ1n) is 5.67. The molecule has 0 radical (unpaired) electrons. The van der Waals surface area contributed by atoms with Crippen LogP contribution in [0, 0.1) is 0 Å². The van der Waals surface area contributed by atoms with E-state index in [4.69, 9.17) is 4.42 Å². The molecule has 1 fully saturated rings. The number of benzene rings is 1. The molecule has 1 atom stereocenters. The molecule has 4 heteroatoms. The Balaban J connectivity index is 1.93. The van der Waals surface area contributed by atoms with E-state index in [9.17, 15) is 0 Å². The SMILES string of the molecule is C[C@@H]1CN(c2nc3ccccc3o2)CCN1. The monoisotopic (exact) mass is 217 g/mol. The van der Waals surface area contributed by atoms with Gasteiger partial charge in [-0.1, -0.05) is 12.1 Å². The molecule has 3 rings (SSSR count). The zero-order valence-electron chi connectivity index (χ0n) is 9.31. The highest BCUT2D eigenvalue weighted by molar-refractivity contribution is 5.74. The molecular formula is C12H15N3O. The summed E-state index contributed by atoms with van der Waals surface area (Å²) in [7, 11) is 0. The number of aromatic nitrogens is 1. The van der Waals surface area contributed by atoms with Gasteiger partial charge in [0, 0.05) is 25.7 Å². The van der Waals surface area contributed by atoms with Gasteiger partial charge in [0.25, 0.3) is 6.01 Å². The smallest absolute Gasteiger partial charge is 0.298 e. The van der Waals surface area contributed by atoms with Crippen LogP contribution >= 0.6 is 0 Å². The molecule has 1 aliphatic heterocycles. The molecule has 2 aromatic rings. The standard InChI is InChI=1S/C12H15N3O/c1-9-8-15(7-6-13-9)12-14-10-4-2-3-5-11(10)16-12/h2-5,9,13H,6-8H2,1H3/t9-/m1/s1. The van der Waals surface area contributed by atoms with E-state index in [0.29, 0.717) is 6.04 Å².